The molecule has 0 aliphatic carbocycles. The minimum Gasteiger partial charge on any atom is -0.497 e. The second-order valence-corrected chi connectivity index (χ2v) is 6.85. The lowest BCUT2D eigenvalue weighted by Crippen LogP contribution is -2.37. The summed E-state index contributed by atoms with van der Waals surface area (Å²) in [5, 5.41) is 4.01. The molecule has 1 unspecified atom stereocenters. The van der Waals surface area contributed by atoms with Crippen LogP contribution in [-0.2, 0) is 11.3 Å². The Morgan fingerprint density at radius 2 is 1.80 bits per heavy atom. The Morgan fingerprint density at radius 1 is 1.10 bits per heavy atom. The average Bonchev–Trinajstić information content (AvgIpc) is 3.22. The van der Waals surface area contributed by atoms with Gasteiger partial charge in [0.2, 0.25) is 11.7 Å². The van der Waals surface area contributed by atoms with Crippen molar-refractivity contribution >= 4 is 5.91 Å². The molecular weight excluding hydrogens is 386 g/mol. The molecule has 8 heteroatoms. The van der Waals surface area contributed by atoms with Crippen molar-refractivity contribution in [3.8, 4) is 28.6 Å². The van der Waals surface area contributed by atoms with E-state index < -0.39 is 6.10 Å². The summed E-state index contributed by atoms with van der Waals surface area (Å²) < 4.78 is 21.6. The predicted molar refractivity (Wildman–Crippen MR) is 111 cm³/mol. The first-order valence-corrected chi connectivity index (χ1v) is 9.44. The van der Waals surface area contributed by atoms with E-state index in [1.165, 1.54) is 4.90 Å². The van der Waals surface area contributed by atoms with Crippen LogP contribution in [-0.4, -0.2) is 48.3 Å². The number of amides is 1. The number of benzene rings is 2. The summed E-state index contributed by atoms with van der Waals surface area (Å²) in [7, 11) is 4.80. The zero-order valence-electron chi connectivity index (χ0n) is 17.7. The number of methoxy groups -OCH3 is 2. The summed E-state index contributed by atoms with van der Waals surface area (Å²) in [6, 6.07) is 12.9. The van der Waals surface area contributed by atoms with E-state index in [9.17, 15) is 4.79 Å². The fourth-order valence-electron chi connectivity index (χ4n) is 2.87. The molecule has 1 atom stereocenters. The van der Waals surface area contributed by atoms with Gasteiger partial charge in [-0.05, 0) is 38.1 Å². The lowest BCUT2D eigenvalue weighted by Gasteiger charge is -2.20. The summed E-state index contributed by atoms with van der Waals surface area (Å²) in [4.78, 5) is 18.5. The Hall–Kier alpha value is -3.55. The Labute approximate surface area is 175 Å². The van der Waals surface area contributed by atoms with E-state index in [4.69, 9.17) is 18.7 Å². The van der Waals surface area contributed by atoms with E-state index in [1.54, 1.807) is 46.4 Å². The van der Waals surface area contributed by atoms with E-state index in [-0.39, 0.29) is 12.5 Å². The molecule has 2 aromatic carbocycles. The monoisotopic (exact) mass is 411 g/mol. The van der Waals surface area contributed by atoms with Crippen LogP contribution in [0.15, 0.2) is 47.0 Å². The van der Waals surface area contributed by atoms with Crippen molar-refractivity contribution in [1.82, 2.24) is 15.0 Å². The second-order valence-electron chi connectivity index (χ2n) is 6.85. The van der Waals surface area contributed by atoms with Crippen LogP contribution in [0, 0.1) is 6.92 Å². The average molecular weight is 411 g/mol. The third-order valence-corrected chi connectivity index (χ3v) is 4.55. The van der Waals surface area contributed by atoms with Crippen LogP contribution in [0.3, 0.4) is 0 Å². The highest BCUT2D eigenvalue weighted by Gasteiger charge is 2.22. The van der Waals surface area contributed by atoms with Gasteiger partial charge in [-0.3, -0.25) is 4.79 Å². The summed E-state index contributed by atoms with van der Waals surface area (Å²) >= 11 is 0. The van der Waals surface area contributed by atoms with Gasteiger partial charge in [0.1, 0.15) is 17.2 Å². The van der Waals surface area contributed by atoms with E-state index in [0.29, 0.717) is 34.5 Å². The van der Waals surface area contributed by atoms with Gasteiger partial charge in [0.25, 0.3) is 5.91 Å². The quantitative estimate of drug-likeness (QED) is 0.561. The molecule has 0 saturated heterocycles. The number of ether oxygens (including phenoxy) is 3. The van der Waals surface area contributed by atoms with Crippen molar-refractivity contribution in [2.45, 2.75) is 26.5 Å². The van der Waals surface area contributed by atoms with E-state index in [2.05, 4.69) is 10.1 Å². The number of hydrogen-bond acceptors (Lipinski definition) is 7. The maximum Gasteiger partial charge on any atom is 0.263 e. The van der Waals surface area contributed by atoms with Gasteiger partial charge in [-0.2, -0.15) is 4.98 Å². The Bertz CT molecular complexity index is 1000. The van der Waals surface area contributed by atoms with Gasteiger partial charge in [0.15, 0.2) is 6.10 Å². The second kappa shape index (κ2) is 9.30. The maximum atomic E-state index is 12.6. The van der Waals surface area contributed by atoms with Crippen LogP contribution < -0.4 is 14.2 Å². The van der Waals surface area contributed by atoms with Gasteiger partial charge in [-0.15, -0.1) is 0 Å². The smallest absolute Gasteiger partial charge is 0.263 e. The number of carbonyl (C=O) groups is 1. The topological polar surface area (TPSA) is 86.9 Å². The Kier molecular flexibility index (Phi) is 6.56. The highest BCUT2D eigenvalue weighted by atomic mass is 16.5. The Morgan fingerprint density at radius 3 is 2.47 bits per heavy atom. The molecule has 1 heterocycles. The summed E-state index contributed by atoms with van der Waals surface area (Å²) in [6.45, 7) is 3.86. The van der Waals surface area contributed by atoms with E-state index >= 15 is 0 Å². The van der Waals surface area contributed by atoms with Gasteiger partial charge in [-0.25, -0.2) is 0 Å². The molecule has 0 saturated carbocycles. The normalized spacial score (nSPS) is 11.6. The minimum absolute atomic E-state index is 0.159. The number of nitrogens with zero attached hydrogens (tertiary/aromatic N) is 3. The van der Waals surface area contributed by atoms with Crippen LogP contribution in [0.5, 0.6) is 17.2 Å². The fourth-order valence-corrected chi connectivity index (χ4v) is 2.87. The molecule has 3 rings (SSSR count). The van der Waals surface area contributed by atoms with Crippen molar-refractivity contribution in [2.24, 2.45) is 0 Å². The minimum atomic E-state index is -0.651. The van der Waals surface area contributed by atoms with Gasteiger partial charge in [-0.1, -0.05) is 22.9 Å². The maximum absolute atomic E-state index is 12.6. The Balaban J connectivity index is 1.66. The van der Waals surface area contributed by atoms with Crippen molar-refractivity contribution in [1.29, 1.82) is 0 Å². The fraction of sp³-hybridized carbons (Fsp3) is 0.318. The molecule has 1 aromatic heterocycles. The largest absolute Gasteiger partial charge is 0.497 e. The zero-order chi connectivity index (χ0) is 21.7. The van der Waals surface area contributed by atoms with Crippen LogP contribution >= 0.6 is 0 Å². The first kappa shape index (κ1) is 21.2. The lowest BCUT2D eigenvalue weighted by atomic mass is 10.2. The molecule has 0 aliphatic rings. The summed E-state index contributed by atoms with van der Waals surface area (Å²) in [6.07, 6.45) is -0.651. The zero-order valence-corrected chi connectivity index (χ0v) is 17.7. The molecular formula is C22H25N3O5. The van der Waals surface area contributed by atoms with E-state index in [0.717, 1.165) is 5.56 Å². The summed E-state index contributed by atoms with van der Waals surface area (Å²) in [5.74, 6) is 2.34. The first-order chi connectivity index (χ1) is 14.4. The van der Waals surface area contributed by atoms with E-state index in [1.807, 2.05) is 31.2 Å². The number of aromatic nitrogens is 2. The first-order valence-electron chi connectivity index (χ1n) is 9.44. The van der Waals surface area contributed by atoms with Gasteiger partial charge < -0.3 is 23.6 Å². The van der Waals surface area contributed by atoms with Crippen LogP contribution in [0.2, 0.25) is 0 Å². The van der Waals surface area contributed by atoms with Crippen molar-refractivity contribution < 1.29 is 23.5 Å². The highest BCUT2D eigenvalue weighted by Crippen LogP contribution is 2.31. The number of hydrogen-bond donors (Lipinski definition) is 0. The van der Waals surface area contributed by atoms with Gasteiger partial charge >= 0.3 is 0 Å². The lowest BCUT2D eigenvalue weighted by molar-refractivity contribution is -0.137. The molecule has 30 heavy (non-hydrogen) atoms. The molecule has 0 spiro atoms. The standard InChI is InChI=1S/C22H25N3O5/c1-14-6-8-16(9-7-14)29-15(2)22(26)25(3)13-20-23-21(24-30-20)18-11-10-17(27-4)12-19(18)28-5/h6-12,15H,13H2,1-5H3. The molecule has 0 fully saturated rings. The highest BCUT2D eigenvalue weighted by molar-refractivity contribution is 5.80. The number of likely N-dealkylation sites (N-methyl/N-ethyl adjacent to an activating group) is 1. The summed E-state index contributed by atoms with van der Waals surface area (Å²) in [5.41, 5.74) is 1.79. The van der Waals surface area contributed by atoms with Gasteiger partial charge in [0, 0.05) is 13.1 Å². The van der Waals surface area contributed by atoms with Crippen LogP contribution in [0.25, 0.3) is 11.4 Å². The molecule has 158 valence electrons. The molecule has 3 aromatic rings. The van der Waals surface area contributed by atoms with Crippen molar-refractivity contribution in [2.75, 3.05) is 21.3 Å². The molecule has 8 nitrogen and oxygen atoms in total. The SMILES string of the molecule is COc1ccc(-c2noc(CN(C)C(=O)C(C)Oc3ccc(C)cc3)n2)c(OC)c1. The predicted octanol–water partition coefficient (Wildman–Crippen LogP) is 3.49. The van der Waals surface area contributed by atoms with Crippen molar-refractivity contribution in [3.63, 3.8) is 0 Å². The van der Waals surface area contributed by atoms with Crippen molar-refractivity contribution in [3.05, 3.63) is 53.9 Å². The molecule has 1 amide bonds. The number of rotatable bonds is 8. The third kappa shape index (κ3) is 4.89. The molecule has 0 bridgehead atoms. The van der Waals surface area contributed by atoms with Gasteiger partial charge in [0.05, 0.1) is 26.3 Å². The molecule has 0 radical (unpaired) electrons. The number of aryl methyl sites for hydroxylation is 1. The molecule has 0 aliphatic heterocycles. The molecule has 0 N–H and O–H groups in total. The third-order valence-electron chi connectivity index (χ3n) is 4.55. The number of carbonyl (C=O) groups excluding carboxylic acids is 1. The van der Waals surface area contributed by atoms with Crippen LogP contribution in [0.1, 0.15) is 18.4 Å². The van der Waals surface area contributed by atoms with Crippen LogP contribution in [0.4, 0.5) is 0 Å².